The van der Waals surface area contributed by atoms with Gasteiger partial charge in [0.05, 0.1) is 0 Å². The van der Waals surface area contributed by atoms with Gasteiger partial charge in [0.15, 0.2) is 0 Å². The summed E-state index contributed by atoms with van der Waals surface area (Å²) in [7, 11) is 2.00. The maximum Gasteiger partial charge on any atom is 0.125 e. The van der Waals surface area contributed by atoms with Gasteiger partial charge in [0.1, 0.15) is 5.82 Å². The highest BCUT2D eigenvalue weighted by molar-refractivity contribution is 5.64. The Hall–Kier alpha value is -1.87. The van der Waals surface area contributed by atoms with E-state index in [2.05, 4.69) is 28.4 Å². The molecule has 3 heteroatoms. The molecule has 120 valence electrons. The van der Waals surface area contributed by atoms with E-state index in [-0.39, 0.29) is 5.82 Å². The van der Waals surface area contributed by atoms with Crippen molar-refractivity contribution in [3.63, 3.8) is 0 Å². The van der Waals surface area contributed by atoms with E-state index in [1.807, 2.05) is 13.1 Å². The number of benzene rings is 2. The molecule has 0 spiro atoms. The molecule has 1 N–H and O–H groups in total. The Labute approximate surface area is 137 Å². The molecule has 0 bridgehead atoms. The highest BCUT2D eigenvalue weighted by Gasteiger charge is 2.29. The van der Waals surface area contributed by atoms with E-state index in [9.17, 15) is 4.39 Å². The first kappa shape index (κ1) is 14.7. The van der Waals surface area contributed by atoms with E-state index >= 15 is 0 Å². The van der Waals surface area contributed by atoms with Crippen LogP contribution in [-0.2, 0) is 6.42 Å². The van der Waals surface area contributed by atoms with E-state index in [1.54, 1.807) is 12.1 Å². The molecular weight excluding hydrogens is 287 g/mol. The minimum absolute atomic E-state index is 0.194. The van der Waals surface area contributed by atoms with Crippen molar-refractivity contribution in [3.05, 3.63) is 59.4 Å². The van der Waals surface area contributed by atoms with Crippen LogP contribution in [0.3, 0.4) is 0 Å². The fraction of sp³-hybridized carbons (Fsp3) is 0.400. The summed E-state index contributed by atoms with van der Waals surface area (Å²) < 4.78 is 13.5. The Morgan fingerprint density at radius 1 is 1.13 bits per heavy atom. The highest BCUT2D eigenvalue weighted by Crippen LogP contribution is 2.40. The lowest BCUT2D eigenvalue weighted by atomic mass is 9.90. The van der Waals surface area contributed by atoms with Crippen LogP contribution in [0.15, 0.2) is 42.5 Å². The first-order valence-corrected chi connectivity index (χ1v) is 8.56. The molecule has 2 aromatic carbocycles. The van der Waals surface area contributed by atoms with E-state index in [0.717, 1.165) is 30.3 Å². The average Bonchev–Trinajstić information content (AvgIpc) is 3.38. The maximum absolute atomic E-state index is 13.5. The Bertz CT molecular complexity index is 709. The third kappa shape index (κ3) is 3.11. The number of halogens is 1. The topological polar surface area (TPSA) is 15.3 Å². The Morgan fingerprint density at radius 2 is 1.96 bits per heavy atom. The summed E-state index contributed by atoms with van der Waals surface area (Å²) in [6, 6.07) is 14.0. The second kappa shape index (κ2) is 5.97. The smallest absolute Gasteiger partial charge is 0.125 e. The number of nitrogens with zero attached hydrogens (tertiary/aromatic N) is 1. The third-order valence-corrected chi connectivity index (χ3v) is 5.14. The zero-order valence-corrected chi connectivity index (χ0v) is 13.6. The van der Waals surface area contributed by atoms with Gasteiger partial charge in [-0.2, -0.15) is 0 Å². The molecule has 1 aliphatic carbocycles. The molecular formula is C20H23FN2. The van der Waals surface area contributed by atoms with Crippen LogP contribution in [0.2, 0.25) is 0 Å². The summed E-state index contributed by atoms with van der Waals surface area (Å²) in [5, 5.41) is 3.68. The molecule has 1 aliphatic heterocycles. The monoisotopic (exact) mass is 310 g/mol. The second-order valence-corrected chi connectivity index (χ2v) is 6.86. The second-order valence-electron chi connectivity index (χ2n) is 6.86. The van der Waals surface area contributed by atoms with Gasteiger partial charge in [-0.1, -0.05) is 25.0 Å². The van der Waals surface area contributed by atoms with E-state index in [4.69, 9.17) is 0 Å². The summed E-state index contributed by atoms with van der Waals surface area (Å²) in [6.07, 6.45) is 5.12. The predicted octanol–water partition coefficient (Wildman–Crippen LogP) is 4.58. The quantitative estimate of drug-likeness (QED) is 0.889. The minimum Gasteiger partial charge on any atom is -0.345 e. The van der Waals surface area contributed by atoms with E-state index < -0.39 is 0 Å². The van der Waals surface area contributed by atoms with Crippen molar-refractivity contribution in [2.24, 2.45) is 5.92 Å². The van der Waals surface area contributed by atoms with Crippen molar-refractivity contribution in [2.75, 3.05) is 18.5 Å². The molecule has 1 unspecified atom stereocenters. The van der Waals surface area contributed by atoms with Crippen molar-refractivity contribution in [1.82, 2.24) is 5.32 Å². The van der Waals surface area contributed by atoms with Crippen molar-refractivity contribution < 1.29 is 4.39 Å². The van der Waals surface area contributed by atoms with Gasteiger partial charge >= 0.3 is 0 Å². The molecule has 0 amide bonds. The number of hydrogen-bond acceptors (Lipinski definition) is 2. The summed E-state index contributed by atoms with van der Waals surface area (Å²) in [5.41, 5.74) is 4.90. The van der Waals surface area contributed by atoms with Gasteiger partial charge in [-0.3, -0.25) is 0 Å². The summed E-state index contributed by atoms with van der Waals surface area (Å²) in [4.78, 5) is 2.06. The number of anilines is 2. The van der Waals surface area contributed by atoms with Crippen LogP contribution in [0.5, 0.6) is 0 Å². The lowest BCUT2D eigenvalue weighted by molar-refractivity contribution is 0.453. The van der Waals surface area contributed by atoms with Crippen LogP contribution < -0.4 is 10.2 Å². The molecule has 2 aromatic rings. The molecule has 0 radical (unpaired) electrons. The zero-order valence-electron chi connectivity index (χ0n) is 13.6. The lowest BCUT2D eigenvalue weighted by Gasteiger charge is -2.29. The molecule has 23 heavy (non-hydrogen) atoms. The van der Waals surface area contributed by atoms with E-state index in [0.29, 0.717) is 6.04 Å². The minimum atomic E-state index is -0.194. The standard InChI is InChI=1S/C20H23FN2/c1-23(17-4-2-3-16(21)12-17)18-8-7-15-9-10-22-20(19(15)13-18)11-14-5-6-14/h2-4,7-8,12-14,20,22H,5-6,9-11H2,1H3. The van der Waals surface area contributed by atoms with E-state index in [1.165, 1.54) is 36.5 Å². The first-order valence-electron chi connectivity index (χ1n) is 8.56. The Kier molecular flexibility index (Phi) is 3.82. The molecule has 2 aliphatic rings. The summed E-state index contributed by atoms with van der Waals surface area (Å²) in [5.74, 6) is 0.712. The van der Waals surface area contributed by atoms with Crippen LogP contribution in [0, 0.1) is 11.7 Å². The van der Waals surface area contributed by atoms with Crippen molar-refractivity contribution in [2.45, 2.75) is 31.7 Å². The van der Waals surface area contributed by atoms with Crippen LogP contribution in [0.4, 0.5) is 15.8 Å². The Morgan fingerprint density at radius 3 is 2.74 bits per heavy atom. The number of nitrogens with one attached hydrogen (secondary N) is 1. The number of hydrogen-bond donors (Lipinski definition) is 1. The van der Waals surface area contributed by atoms with Gasteiger partial charge in [0, 0.05) is 24.5 Å². The number of rotatable bonds is 4. The van der Waals surface area contributed by atoms with Gasteiger partial charge < -0.3 is 10.2 Å². The molecule has 0 saturated heterocycles. The largest absolute Gasteiger partial charge is 0.345 e. The van der Waals surface area contributed by atoms with Crippen molar-refractivity contribution in [1.29, 1.82) is 0 Å². The fourth-order valence-electron chi connectivity index (χ4n) is 3.57. The Balaban J connectivity index is 1.64. The maximum atomic E-state index is 13.5. The zero-order chi connectivity index (χ0) is 15.8. The molecule has 1 heterocycles. The fourth-order valence-corrected chi connectivity index (χ4v) is 3.57. The van der Waals surface area contributed by atoms with Gasteiger partial charge in [-0.05, 0) is 66.8 Å². The molecule has 1 atom stereocenters. The molecule has 4 rings (SSSR count). The SMILES string of the molecule is CN(c1cccc(F)c1)c1ccc2c(c1)C(CC1CC1)NCC2. The van der Waals surface area contributed by atoms with Crippen molar-refractivity contribution in [3.8, 4) is 0 Å². The predicted molar refractivity (Wildman–Crippen MR) is 92.7 cm³/mol. The molecule has 1 fully saturated rings. The van der Waals surface area contributed by atoms with Gasteiger partial charge in [0.2, 0.25) is 0 Å². The van der Waals surface area contributed by atoms with Gasteiger partial charge in [0.25, 0.3) is 0 Å². The average molecular weight is 310 g/mol. The van der Waals surface area contributed by atoms with Gasteiger partial charge in [-0.15, -0.1) is 0 Å². The van der Waals surface area contributed by atoms with Crippen LogP contribution in [0.1, 0.15) is 36.4 Å². The lowest BCUT2D eigenvalue weighted by Crippen LogP contribution is -2.30. The normalized spacial score (nSPS) is 20.2. The highest BCUT2D eigenvalue weighted by atomic mass is 19.1. The molecule has 1 saturated carbocycles. The first-order chi connectivity index (χ1) is 11.2. The summed E-state index contributed by atoms with van der Waals surface area (Å²) in [6.45, 7) is 1.07. The van der Waals surface area contributed by atoms with Crippen molar-refractivity contribution >= 4 is 11.4 Å². The van der Waals surface area contributed by atoms with Crippen LogP contribution in [-0.4, -0.2) is 13.6 Å². The molecule has 2 nitrogen and oxygen atoms in total. The van der Waals surface area contributed by atoms with Crippen LogP contribution >= 0.6 is 0 Å². The van der Waals surface area contributed by atoms with Crippen LogP contribution in [0.25, 0.3) is 0 Å². The van der Waals surface area contributed by atoms with Gasteiger partial charge in [-0.25, -0.2) is 4.39 Å². The summed E-state index contributed by atoms with van der Waals surface area (Å²) >= 11 is 0. The molecule has 0 aromatic heterocycles. The number of fused-ring (bicyclic) bond motifs is 1. The third-order valence-electron chi connectivity index (χ3n) is 5.14.